The third kappa shape index (κ3) is 7.63. The second-order valence-electron chi connectivity index (χ2n) is 9.07. The van der Waals surface area contributed by atoms with Gasteiger partial charge in [-0.15, -0.1) is 0 Å². The molecule has 0 unspecified atom stereocenters. The monoisotopic (exact) mass is 466 g/mol. The smallest absolute Gasteiger partial charge is 0.290 e. The third-order valence-corrected chi connectivity index (χ3v) is 5.03. The zero-order valence-electron chi connectivity index (χ0n) is 20.4. The van der Waals surface area contributed by atoms with Gasteiger partial charge in [-0.3, -0.25) is 9.48 Å². The molecule has 182 valence electrons. The van der Waals surface area contributed by atoms with Crippen LogP contribution in [0.2, 0.25) is 0 Å². The molecule has 34 heavy (non-hydrogen) atoms. The summed E-state index contributed by atoms with van der Waals surface area (Å²) < 4.78 is 19.9. The molecule has 4 rings (SSSR count). The summed E-state index contributed by atoms with van der Waals surface area (Å²) in [5.74, 6) is 1.81. The van der Waals surface area contributed by atoms with Gasteiger partial charge < -0.3 is 19.3 Å². The lowest BCUT2D eigenvalue weighted by Crippen LogP contribution is -2.19. The molecule has 3 aromatic rings. The van der Waals surface area contributed by atoms with Crippen molar-refractivity contribution in [1.82, 2.24) is 9.78 Å². The number of carbonyl (C=O) groups is 1. The summed E-state index contributed by atoms with van der Waals surface area (Å²) in [5, 5.41) is 11.8. The summed E-state index contributed by atoms with van der Waals surface area (Å²) in [6.45, 7) is 9.65. The van der Waals surface area contributed by atoms with Crippen molar-refractivity contribution >= 4 is 6.47 Å². The topological polar surface area (TPSA) is 82.8 Å². The lowest BCUT2D eigenvalue weighted by atomic mass is 10.1. The fraction of sp³-hybridized carbons (Fsp3) is 0.407. The number of aromatic nitrogens is 2. The van der Waals surface area contributed by atoms with E-state index >= 15 is 0 Å². The molecular weight excluding hydrogens is 432 g/mol. The van der Waals surface area contributed by atoms with E-state index in [0.717, 1.165) is 46.9 Å². The second kappa shape index (κ2) is 11.7. The Morgan fingerprint density at radius 3 is 2.53 bits per heavy atom. The number of para-hydroxylation sites is 1. The van der Waals surface area contributed by atoms with Gasteiger partial charge in [0.15, 0.2) is 0 Å². The number of carboxylic acid groups (broad SMARTS) is 1. The minimum atomic E-state index is -0.250. The van der Waals surface area contributed by atoms with Gasteiger partial charge in [0.1, 0.15) is 11.5 Å². The molecule has 0 spiro atoms. The lowest BCUT2D eigenvalue weighted by Gasteiger charge is -2.18. The number of nitrogens with zero attached hydrogens (tertiary/aromatic N) is 2. The highest BCUT2D eigenvalue weighted by molar-refractivity contribution is 5.62. The van der Waals surface area contributed by atoms with Crippen molar-refractivity contribution in [2.24, 2.45) is 0 Å². The van der Waals surface area contributed by atoms with Gasteiger partial charge in [0, 0.05) is 11.1 Å². The van der Waals surface area contributed by atoms with Crippen molar-refractivity contribution in [2.75, 3.05) is 6.61 Å². The molecule has 1 aliphatic rings. The maximum Gasteiger partial charge on any atom is 0.290 e. The van der Waals surface area contributed by atoms with Gasteiger partial charge >= 0.3 is 0 Å². The molecule has 7 nitrogen and oxygen atoms in total. The first kappa shape index (κ1) is 25.3. The molecule has 1 aromatic heterocycles. The van der Waals surface area contributed by atoms with Crippen LogP contribution in [0.15, 0.2) is 54.6 Å². The molecule has 0 amide bonds. The third-order valence-electron chi connectivity index (χ3n) is 5.03. The number of hydrogen-bond donors (Lipinski definition) is 1. The van der Waals surface area contributed by atoms with E-state index in [2.05, 4.69) is 45.0 Å². The number of hydrogen-bond acceptors (Lipinski definition) is 5. The summed E-state index contributed by atoms with van der Waals surface area (Å²) in [7, 11) is 0. The summed E-state index contributed by atoms with van der Waals surface area (Å²) in [6, 6.07) is 18.5. The first-order valence-corrected chi connectivity index (χ1v) is 11.6. The SMILES string of the molecule is CCOc1ccccc1Cn1nc(COC(C)(C)C)cc1-c1cccc(OC2CC2)c1.O=CO. The molecule has 0 bridgehead atoms. The van der Waals surface area contributed by atoms with Gasteiger partial charge in [0.25, 0.3) is 6.47 Å². The van der Waals surface area contributed by atoms with Crippen molar-refractivity contribution in [2.45, 2.75) is 65.4 Å². The normalized spacial score (nSPS) is 13.1. The van der Waals surface area contributed by atoms with Crippen LogP contribution in [-0.2, 0) is 22.7 Å². The minimum Gasteiger partial charge on any atom is -0.494 e. The van der Waals surface area contributed by atoms with Crippen LogP contribution in [0.1, 0.15) is 51.8 Å². The zero-order valence-corrected chi connectivity index (χ0v) is 20.4. The molecule has 2 aromatic carbocycles. The molecule has 0 aliphatic heterocycles. The van der Waals surface area contributed by atoms with Gasteiger partial charge in [-0.25, -0.2) is 0 Å². The molecule has 1 saturated carbocycles. The van der Waals surface area contributed by atoms with Crippen molar-refractivity contribution in [3.8, 4) is 22.8 Å². The van der Waals surface area contributed by atoms with Crippen molar-refractivity contribution in [3.05, 3.63) is 65.9 Å². The van der Waals surface area contributed by atoms with Crippen LogP contribution in [0.5, 0.6) is 11.5 Å². The van der Waals surface area contributed by atoms with Gasteiger partial charge in [-0.05, 0) is 64.8 Å². The van der Waals surface area contributed by atoms with Gasteiger partial charge in [-0.1, -0.05) is 30.3 Å². The van der Waals surface area contributed by atoms with E-state index in [9.17, 15) is 0 Å². The number of benzene rings is 2. The van der Waals surface area contributed by atoms with Crippen LogP contribution in [0.3, 0.4) is 0 Å². The lowest BCUT2D eigenvalue weighted by molar-refractivity contribution is -0.122. The van der Waals surface area contributed by atoms with Crippen LogP contribution < -0.4 is 9.47 Å². The highest BCUT2D eigenvalue weighted by Crippen LogP contribution is 2.31. The quantitative estimate of drug-likeness (QED) is 0.416. The average molecular weight is 467 g/mol. The van der Waals surface area contributed by atoms with E-state index in [1.54, 1.807) is 0 Å². The molecule has 1 aliphatic carbocycles. The van der Waals surface area contributed by atoms with Gasteiger partial charge in [-0.2, -0.15) is 5.10 Å². The van der Waals surface area contributed by atoms with Crippen LogP contribution in [-0.4, -0.2) is 39.7 Å². The largest absolute Gasteiger partial charge is 0.494 e. The summed E-state index contributed by atoms with van der Waals surface area (Å²) in [6.07, 6.45) is 2.66. The van der Waals surface area contributed by atoms with E-state index in [-0.39, 0.29) is 12.1 Å². The maximum absolute atomic E-state index is 8.36. The fourth-order valence-corrected chi connectivity index (χ4v) is 3.38. The van der Waals surface area contributed by atoms with E-state index in [4.69, 9.17) is 29.2 Å². The predicted molar refractivity (Wildman–Crippen MR) is 131 cm³/mol. The van der Waals surface area contributed by atoms with E-state index in [1.807, 2.05) is 41.9 Å². The molecule has 7 heteroatoms. The minimum absolute atomic E-state index is 0.219. The summed E-state index contributed by atoms with van der Waals surface area (Å²) in [5.41, 5.74) is 3.92. The summed E-state index contributed by atoms with van der Waals surface area (Å²) in [4.78, 5) is 8.36. The van der Waals surface area contributed by atoms with E-state index < -0.39 is 0 Å². The van der Waals surface area contributed by atoms with Crippen molar-refractivity contribution < 1.29 is 24.1 Å². The Bertz CT molecular complexity index is 1070. The molecule has 1 heterocycles. The van der Waals surface area contributed by atoms with E-state index in [1.165, 1.54) is 0 Å². The van der Waals surface area contributed by atoms with Crippen molar-refractivity contribution in [3.63, 3.8) is 0 Å². The first-order chi connectivity index (χ1) is 16.3. The Kier molecular flexibility index (Phi) is 8.71. The zero-order chi connectivity index (χ0) is 24.6. The second-order valence-corrected chi connectivity index (χ2v) is 9.07. The van der Waals surface area contributed by atoms with Crippen LogP contribution in [0.25, 0.3) is 11.3 Å². The highest BCUT2D eigenvalue weighted by Gasteiger charge is 2.24. The number of ether oxygens (including phenoxy) is 3. The van der Waals surface area contributed by atoms with Gasteiger partial charge in [0.05, 0.1) is 42.9 Å². The fourth-order valence-electron chi connectivity index (χ4n) is 3.38. The predicted octanol–water partition coefficient (Wildman–Crippen LogP) is 5.55. The molecule has 1 N–H and O–H groups in total. The van der Waals surface area contributed by atoms with Crippen LogP contribution in [0, 0.1) is 0 Å². The Hall–Kier alpha value is -3.32. The summed E-state index contributed by atoms with van der Waals surface area (Å²) >= 11 is 0. The van der Waals surface area contributed by atoms with Crippen LogP contribution >= 0.6 is 0 Å². The standard InChI is InChI=1S/C26H32N2O3.CH2O2/c1-5-29-25-12-7-6-9-20(25)17-28-24(16-21(27-28)18-30-26(2,3)4)19-10-8-11-23(15-19)31-22-13-14-22;2-1-3/h6-12,15-16,22H,5,13-14,17-18H2,1-4H3;1H,(H,2,3). The highest BCUT2D eigenvalue weighted by atomic mass is 16.5. The Labute approximate surface area is 201 Å². The van der Waals surface area contributed by atoms with E-state index in [0.29, 0.717) is 25.9 Å². The molecule has 1 fully saturated rings. The van der Waals surface area contributed by atoms with Crippen molar-refractivity contribution in [1.29, 1.82) is 0 Å². The molecule has 0 atom stereocenters. The van der Waals surface area contributed by atoms with Crippen LogP contribution in [0.4, 0.5) is 0 Å². The first-order valence-electron chi connectivity index (χ1n) is 11.6. The Balaban J connectivity index is 0.00000103. The maximum atomic E-state index is 8.36. The molecular formula is C27H34N2O5. The average Bonchev–Trinajstić information content (AvgIpc) is 3.51. The Morgan fingerprint density at radius 2 is 1.85 bits per heavy atom. The number of rotatable bonds is 9. The Morgan fingerprint density at radius 1 is 1.12 bits per heavy atom. The van der Waals surface area contributed by atoms with Gasteiger partial charge in [0.2, 0.25) is 0 Å². The molecule has 0 radical (unpaired) electrons. The molecule has 0 saturated heterocycles.